The average Bonchev–Trinajstić information content (AvgIpc) is 2.82. The minimum absolute atomic E-state index is 0.132. The first-order chi connectivity index (χ1) is 15.5. The van der Waals surface area contributed by atoms with Crippen molar-refractivity contribution in [1.82, 2.24) is 5.32 Å². The molecular weight excluding hydrogens is 444 g/mol. The summed E-state index contributed by atoms with van der Waals surface area (Å²) < 4.78 is 5.39. The molecule has 0 unspecified atom stereocenters. The van der Waals surface area contributed by atoms with Gasteiger partial charge in [-0.1, -0.05) is 53.7 Å². The van der Waals surface area contributed by atoms with E-state index in [0.29, 0.717) is 33.5 Å². The maximum absolute atomic E-state index is 13.0. The Kier molecular flexibility index (Phi) is 6.53. The van der Waals surface area contributed by atoms with Crippen LogP contribution in [0.4, 0.5) is 5.69 Å². The highest BCUT2D eigenvalue weighted by atomic mass is 35.5. The van der Waals surface area contributed by atoms with Gasteiger partial charge in [0.05, 0.1) is 17.7 Å². The number of nitrogens with one attached hydrogen (secondary N) is 1. The van der Waals surface area contributed by atoms with Crippen molar-refractivity contribution in [2.45, 2.75) is 11.4 Å². The molecule has 0 atom stereocenters. The van der Waals surface area contributed by atoms with Crippen molar-refractivity contribution in [1.29, 1.82) is 0 Å². The maximum Gasteiger partial charge on any atom is 0.264 e. The number of carbonyl (C=O) groups excluding carboxylic acids is 2. The van der Waals surface area contributed by atoms with Crippen molar-refractivity contribution >= 4 is 46.9 Å². The van der Waals surface area contributed by atoms with Crippen molar-refractivity contribution in [3.05, 3.63) is 93.3 Å². The van der Waals surface area contributed by atoms with Gasteiger partial charge in [0.2, 0.25) is 0 Å². The van der Waals surface area contributed by atoms with Crippen LogP contribution in [0.5, 0.6) is 5.75 Å². The van der Waals surface area contributed by atoms with Gasteiger partial charge in [0.1, 0.15) is 5.75 Å². The second-order valence-electron chi connectivity index (χ2n) is 7.21. The molecule has 2 amide bonds. The zero-order chi connectivity index (χ0) is 22.7. The lowest BCUT2D eigenvalue weighted by Gasteiger charge is -2.27. The van der Waals surface area contributed by atoms with Crippen LogP contribution in [-0.2, 0) is 11.3 Å². The van der Waals surface area contributed by atoms with Gasteiger partial charge >= 0.3 is 0 Å². The fourth-order valence-electron chi connectivity index (χ4n) is 3.35. The topological polar surface area (TPSA) is 58.6 Å². The van der Waals surface area contributed by atoms with Crippen LogP contribution >= 0.6 is 23.4 Å². The predicted molar refractivity (Wildman–Crippen MR) is 129 cm³/mol. The highest BCUT2D eigenvalue weighted by Crippen LogP contribution is 2.42. The normalized spacial score (nSPS) is 14.3. The number of methoxy groups -OCH3 is 1. The molecule has 0 saturated heterocycles. The van der Waals surface area contributed by atoms with Gasteiger partial charge in [0.15, 0.2) is 0 Å². The molecule has 3 aromatic carbocycles. The number of amides is 2. The fraction of sp³-hybridized carbons (Fsp3) is 0.120. The van der Waals surface area contributed by atoms with Gasteiger partial charge in [-0.3, -0.25) is 9.59 Å². The number of halogens is 1. The van der Waals surface area contributed by atoms with E-state index in [0.717, 1.165) is 16.0 Å². The lowest BCUT2D eigenvalue weighted by atomic mass is 10.1. The van der Waals surface area contributed by atoms with Gasteiger partial charge in [0, 0.05) is 34.6 Å². The van der Waals surface area contributed by atoms with Crippen molar-refractivity contribution in [3.63, 3.8) is 0 Å². The first-order valence-electron chi connectivity index (χ1n) is 9.93. The minimum atomic E-state index is -0.205. The molecule has 7 heteroatoms. The number of fused-ring (bicyclic) bond motifs is 1. The number of benzene rings is 3. The van der Waals surface area contributed by atoms with Crippen LogP contribution < -0.4 is 15.0 Å². The highest BCUT2D eigenvalue weighted by Gasteiger charge is 2.27. The third-order valence-corrected chi connectivity index (χ3v) is 6.44. The summed E-state index contributed by atoms with van der Waals surface area (Å²) in [6.07, 6.45) is 1.83. The molecule has 1 aliphatic rings. The van der Waals surface area contributed by atoms with Gasteiger partial charge in [0.25, 0.3) is 11.8 Å². The summed E-state index contributed by atoms with van der Waals surface area (Å²) in [6, 6.07) is 20.3. The molecule has 1 heterocycles. The number of likely N-dealkylation sites (N-methyl/N-ethyl adjacent to an activating group) is 1. The molecular formula is C25H21ClN2O3S. The van der Waals surface area contributed by atoms with Crippen LogP contribution in [0, 0.1) is 0 Å². The smallest absolute Gasteiger partial charge is 0.264 e. The summed E-state index contributed by atoms with van der Waals surface area (Å²) in [5.74, 6) is 0.366. The van der Waals surface area contributed by atoms with Crippen LogP contribution in [0.15, 0.2) is 76.5 Å². The van der Waals surface area contributed by atoms with Gasteiger partial charge in [-0.15, -0.1) is 0 Å². The lowest BCUT2D eigenvalue weighted by molar-refractivity contribution is -0.114. The van der Waals surface area contributed by atoms with E-state index < -0.39 is 0 Å². The zero-order valence-electron chi connectivity index (χ0n) is 17.6. The molecule has 32 heavy (non-hydrogen) atoms. The first-order valence-corrected chi connectivity index (χ1v) is 11.1. The Labute approximate surface area is 196 Å². The van der Waals surface area contributed by atoms with Gasteiger partial charge < -0.3 is 15.0 Å². The quantitative estimate of drug-likeness (QED) is 0.514. The lowest BCUT2D eigenvalue weighted by Crippen LogP contribution is -2.31. The largest absolute Gasteiger partial charge is 0.496 e. The Morgan fingerprint density at radius 3 is 2.62 bits per heavy atom. The molecule has 1 N–H and O–H groups in total. The molecule has 0 aromatic heterocycles. The monoisotopic (exact) mass is 464 g/mol. The van der Waals surface area contributed by atoms with Gasteiger partial charge in [-0.25, -0.2) is 0 Å². The van der Waals surface area contributed by atoms with Crippen molar-refractivity contribution in [3.8, 4) is 5.75 Å². The van der Waals surface area contributed by atoms with Crippen molar-refractivity contribution in [2.75, 3.05) is 19.1 Å². The second-order valence-corrected chi connectivity index (χ2v) is 8.73. The van der Waals surface area contributed by atoms with E-state index in [4.69, 9.17) is 16.3 Å². The Hall–Kier alpha value is -3.22. The summed E-state index contributed by atoms with van der Waals surface area (Å²) >= 11 is 7.29. The Bertz CT molecular complexity index is 1210. The van der Waals surface area contributed by atoms with Gasteiger partial charge in [-0.2, -0.15) is 0 Å². The molecule has 0 bridgehead atoms. The van der Waals surface area contributed by atoms with Gasteiger partial charge in [-0.05, 0) is 48.0 Å². The molecule has 0 aliphatic carbocycles. The number of carbonyl (C=O) groups is 2. The average molecular weight is 465 g/mol. The first kappa shape index (κ1) is 22.0. The van der Waals surface area contributed by atoms with Crippen LogP contribution in [-0.4, -0.2) is 26.0 Å². The van der Waals surface area contributed by atoms with E-state index >= 15 is 0 Å². The molecule has 5 nitrogen and oxygen atoms in total. The van der Waals surface area contributed by atoms with Crippen LogP contribution in [0.3, 0.4) is 0 Å². The Morgan fingerprint density at radius 1 is 1.12 bits per heavy atom. The van der Waals surface area contributed by atoms with Crippen LogP contribution in [0.25, 0.3) is 6.08 Å². The zero-order valence-corrected chi connectivity index (χ0v) is 19.2. The SMILES string of the molecule is COc1ccccc1C=C1Sc2ccc(C(=O)NCc3ccc(Cl)cc3)cc2N(C)C1=O. The molecule has 4 rings (SSSR count). The standard InChI is InChI=1S/C25H21ClN2O3S/c1-28-20-13-18(24(29)27-15-16-7-10-19(26)11-8-16)9-12-22(20)32-23(25(28)30)14-17-5-3-4-6-21(17)31-2/h3-14H,15H2,1-2H3,(H,27,29). The molecule has 0 saturated carbocycles. The van der Waals surface area contributed by atoms with Crippen LogP contribution in [0.1, 0.15) is 21.5 Å². The summed E-state index contributed by atoms with van der Waals surface area (Å²) in [5, 5.41) is 3.56. The minimum Gasteiger partial charge on any atom is -0.496 e. The molecule has 162 valence electrons. The number of anilines is 1. The van der Waals surface area contributed by atoms with E-state index in [1.807, 2.05) is 48.5 Å². The van der Waals surface area contributed by atoms with Crippen LogP contribution in [0.2, 0.25) is 5.02 Å². The molecule has 0 radical (unpaired) electrons. The number of hydrogen-bond acceptors (Lipinski definition) is 4. The molecule has 0 spiro atoms. The fourth-order valence-corrected chi connectivity index (χ4v) is 4.56. The third kappa shape index (κ3) is 4.66. The molecule has 3 aromatic rings. The highest BCUT2D eigenvalue weighted by molar-refractivity contribution is 8.04. The second kappa shape index (κ2) is 9.51. The van der Waals surface area contributed by atoms with E-state index in [-0.39, 0.29) is 11.8 Å². The number of hydrogen-bond donors (Lipinski definition) is 1. The summed E-state index contributed by atoms with van der Waals surface area (Å²) in [6.45, 7) is 0.391. The number of rotatable bonds is 5. The molecule has 1 aliphatic heterocycles. The van der Waals surface area contributed by atoms with E-state index in [1.54, 1.807) is 43.3 Å². The summed E-state index contributed by atoms with van der Waals surface area (Å²) in [5.41, 5.74) is 2.99. The molecule has 0 fully saturated rings. The summed E-state index contributed by atoms with van der Waals surface area (Å²) in [7, 11) is 3.32. The predicted octanol–water partition coefficient (Wildman–Crippen LogP) is 5.39. The number of ether oxygens (including phenoxy) is 1. The van der Waals surface area contributed by atoms with Crippen molar-refractivity contribution in [2.24, 2.45) is 0 Å². The maximum atomic E-state index is 13.0. The van der Waals surface area contributed by atoms with E-state index in [2.05, 4.69) is 5.32 Å². The number of para-hydroxylation sites is 1. The number of thioether (sulfide) groups is 1. The van der Waals surface area contributed by atoms with E-state index in [9.17, 15) is 9.59 Å². The Morgan fingerprint density at radius 2 is 1.88 bits per heavy atom. The third-order valence-electron chi connectivity index (χ3n) is 5.11. The van der Waals surface area contributed by atoms with E-state index in [1.165, 1.54) is 11.8 Å². The van der Waals surface area contributed by atoms with Crippen molar-refractivity contribution < 1.29 is 14.3 Å². The number of nitrogens with zero attached hydrogens (tertiary/aromatic N) is 1. The summed E-state index contributed by atoms with van der Waals surface area (Å²) in [4.78, 5) is 28.7. The Balaban J connectivity index is 1.54.